The largest absolute Gasteiger partial charge is 0.395 e. The molecule has 1 aromatic rings. The van der Waals surface area contributed by atoms with Crippen LogP contribution < -0.4 is 5.73 Å². The zero-order valence-corrected chi connectivity index (χ0v) is 11.4. The molecule has 1 aliphatic rings. The van der Waals surface area contributed by atoms with Gasteiger partial charge in [-0.1, -0.05) is 0 Å². The summed E-state index contributed by atoms with van der Waals surface area (Å²) in [6.45, 7) is 7.37. The zero-order valence-electron chi connectivity index (χ0n) is 11.4. The molecule has 0 spiro atoms. The minimum Gasteiger partial charge on any atom is -0.395 e. The van der Waals surface area contributed by atoms with Crippen LogP contribution in [0.4, 0.5) is 5.69 Å². The maximum absolute atomic E-state index is 11.8. The Morgan fingerprint density at radius 1 is 1.39 bits per heavy atom. The smallest absolute Gasteiger partial charge is 0.225 e. The molecule has 2 unspecified atom stereocenters. The van der Waals surface area contributed by atoms with Gasteiger partial charge in [-0.15, -0.1) is 0 Å². The molecule has 0 bridgehead atoms. The van der Waals surface area contributed by atoms with E-state index in [9.17, 15) is 4.79 Å². The molecule has 0 aromatic carbocycles. The van der Waals surface area contributed by atoms with Crippen LogP contribution in [0.2, 0.25) is 0 Å². The second-order valence-electron chi connectivity index (χ2n) is 4.79. The molecule has 0 radical (unpaired) electrons. The lowest BCUT2D eigenvalue weighted by Crippen LogP contribution is -2.41. The Balaban J connectivity index is 2.55. The summed E-state index contributed by atoms with van der Waals surface area (Å²) in [6.07, 6.45) is 0. The summed E-state index contributed by atoms with van der Waals surface area (Å²) < 4.78 is 1.68. The monoisotopic (exact) mass is 249 g/mol. The van der Waals surface area contributed by atoms with Crippen molar-refractivity contribution in [3.63, 3.8) is 0 Å². The molecule has 2 heterocycles. The number of nitrogens with zero attached hydrogens (tertiary/aromatic N) is 4. The van der Waals surface area contributed by atoms with Crippen LogP contribution in [0.15, 0.2) is 4.99 Å². The minimum absolute atomic E-state index is 0.0242. The summed E-state index contributed by atoms with van der Waals surface area (Å²) in [7, 11) is 1.81. The first-order valence-corrected chi connectivity index (χ1v) is 6.01. The number of carbonyl (C=O) groups is 1. The van der Waals surface area contributed by atoms with E-state index in [-0.39, 0.29) is 18.0 Å². The molecule has 18 heavy (non-hydrogen) atoms. The van der Waals surface area contributed by atoms with E-state index in [2.05, 4.69) is 10.1 Å². The van der Waals surface area contributed by atoms with E-state index < -0.39 is 0 Å². The predicted octanol–water partition coefficient (Wildman–Crippen LogP) is 0.696. The first-order valence-electron chi connectivity index (χ1n) is 6.01. The molecule has 0 fully saturated rings. The van der Waals surface area contributed by atoms with Gasteiger partial charge in [-0.2, -0.15) is 5.10 Å². The van der Waals surface area contributed by atoms with Crippen molar-refractivity contribution < 1.29 is 4.79 Å². The van der Waals surface area contributed by atoms with Crippen LogP contribution in [0.25, 0.3) is 0 Å². The number of amides is 1. The molecule has 2 rings (SSSR count). The highest BCUT2D eigenvalue weighted by Crippen LogP contribution is 2.26. The van der Waals surface area contributed by atoms with Crippen molar-refractivity contribution in [2.45, 2.75) is 39.8 Å². The van der Waals surface area contributed by atoms with E-state index in [1.54, 1.807) is 16.5 Å². The fourth-order valence-corrected chi connectivity index (χ4v) is 2.32. The van der Waals surface area contributed by atoms with Gasteiger partial charge in [0, 0.05) is 14.0 Å². The maximum Gasteiger partial charge on any atom is 0.225 e. The van der Waals surface area contributed by atoms with Gasteiger partial charge in [-0.25, -0.2) is 0 Å². The molecule has 0 aliphatic carbocycles. The van der Waals surface area contributed by atoms with Crippen LogP contribution in [0, 0.1) is 6.92 Å². The van der Waals surface area contributed by atoms with E-state index >= 15 is 0 Å². The van der Waals surface area contributed by atoms with Gasteiger partial charge >= 0.3 is 0 Å². The van der Waals surface area contributed by atoms with Gasteiger partial charge < -0.3 is 5.73 Å². The molecular formula is C12H19N5O. The van der Waals surface area contributed by atoms with Crippen molar-refractivity contribution in [2.24, 2.45) is 12.0 Å². The van der Waals surface area contributed by atoms with Gasteiger partial charge in [0.2, 0.25) is 5.91 Å². The number of anilines is 1. The Bertz CT molecular complexity index is 531. The molecule has 0 saturated heterocycles. The van der Waals surface area contributed by atoms with Gasteiger partial charge in [-0.05, 0) is 20.8 Å². The lowest BCUT2D eigenvalue weighted by Gasteiger charge is -2.23. The van der Waals surface area contributed by atoms with Crippen LogP contribution >= 0.6 is 0 Å². The fraction of sp³-hybridized carbons (Fsp3) is 0.583. The standard InChI is InChI=1S/C12H19N5O/c1-6-8(3)17(9(4)18)12(14-6)11-10(13)7(2)15-16(11)5/h6,8H,13H2,1-5H3. The van der Waals surface area contributed by atoms with Crippen molar-refractivity contribution in [1.29, 1.82) is 0 Å². The number of nitrogens with two attached hydrogens (primary N) is 1. The Morgan fingerprint density at radius 2 is 2.00 bits per heavy atom. The van der Waals surface area contributed by atoms with Crippen molar-refractivity contribution in [3.8, 4) is 0 Å². The van der Waals surface area contributed by atoms with Gasteiger partial charge in [0.05, 0.1) is 23.5 Å². The molecule has 2 atom stereocenters. The lowest BCUT2D eigenvalue weighted by atomic mass is 10.2. The van der Waals surface area contributed by atoms with E-state index in [4.69, 9.17) is 5.73 Å². The average Bonchev–Trinajstić information content (AvgIpc) is 2.67. The van der Waals surface area contributed by atoms with Crippen LogP contribution in [0.1, 0.15) is 32.2 Å². The van der Waals surface area contributed by atoms with Gasteiger partial charge in [-0.3, -0.25) is 19.4 Å². The van der Waals surface area contributed by atoms with E-state index in [0.29, 0.717) is 11.5 Å². The van der Waals surface area contributed by atoms with E-state index in [1.807, 2.05) is 27.8 Å². The number of aryl methyl sites for hydroxylation is 2. The molecular weight excluding hydrogens is 230 g/mol. The Kier molecular flexibility index (Phi) is 2.88. The highest BCUT2D eigenvalue weighted by molar-refractivity contribution is 6.10. The summed E-state index contributed by atoms with van der Waals surface area (Å²) >= 11 is 0. The first-order chi connectivity index (χ1) is 8.34. The molecule has 1 aromatic heterocycles. The highest BCUT2D eigenvalue weighted by atomic mass is 16.2. The third-order valence-corrected chi connectivity index (χ3v) is 3.48. The molecule has 6 nitrogen and oxygen atoms in total. The van der Waals surface area contributed by atoms with Crippen LogP contribution in [-0.2, 0) is 11.8 Å². The molecule has 6 heteroatoms. The number of rotatable bonds is 1. The summed E-state index contributed by atoms with van der Waals surface area (Å²) in [6, 6.07) is 0.116. The van der Waals surface area contributed by atoms with Crippen LogP contribution in [0.5, 0.6) is 0 Å². The number of aliphatic imine (C=N–C) groups is 1. The van der Waals surface area contributed by atoms with E-state index in [0.717, 1.165) is 11.4 Å². The first kappa shape index (κ1) is 12.6. The van der Waals surface area contributed by atoms with Crippen LogP contribution in [-0.4, -0.2) is 38.5 Å². The molecule has 1 aliphatic heterocycles. The van der Waals surface area contributed by atoms with Crippen LogP contribution in [0.3, 0.4) is 0 Å². The number of aromatic nitrogens is 2. The summed E-state index contributed by atoms with van der Waals surface area (Å²) in [5, 5.41) is 4.27. The number of hydrogen-bond donors (Lipinski definition) is 1. The lowest BCUT2D eigenvalue weighted by molar-refractivity contribution is -0.126. The minimum atomic E-state index is -0.0242. The SMILES string of the molecule is CC(=O)N1C(c2c(N)c(C)nn2C)=NC(C)C1C. The second kappa shape index (κ2) is 4.12. The Hall–Kier alpha value is -1.85. The third kappa shape index (κ3) is 1.68. The Morgan fingerprint density at radius 3 is 2.44 bits per heavy atom. The highest BCUT2D eigenvalue weighted by Gasteiger charge is 2.36. The molecule has 1 amide bonds. The van der Waals surface area contributed by atoms with Gasteiger partial charge in [0.1, 0.15) is 5.69 Å². The maximum atomic E-state index is 11.8. The molecule has 98 valence electrons. The fourth-order valence-electron chi connectivity index (χ4n) is 2.32. The van der Waals surface area contributed by atoms with Gasteiger partial charge in [0.15, 0.2) is 5.84 Å². The summed E-state index contributed by atoms with van der Waals surface area (Å²) in [5.41, 5.74) is 8.10. The van der Waals surface area contributed by atoms with Crippen molar-refractivity contribution in [2.75, 3.05) is 5.73 Å². The Labute approximate surface area is 106 Å². The van der Waals surface area contributed by atoms with Crippen molar-refractivity contribution >= 4 is 17.4 Å². The normalized spacial score (nSPS) is 23.4. The van der Waals surface area contributed by atoms with Crippen molar-refractivity contribution in [3.05, 3.63) is 11.4 Å². The third-order valence-electron chi connectivity index (χ3n) is 3.48. The predicted molar refractivity (Wildman–Crippen MR) is 70.3 cm³/mol. The average molecular weight is 249 g/mol. The molecule has 0 saturated carbocycles. The zero-order chi connectivity index (χ0) is 13.6. The molecule has 2 N–H and O–H groups in total. The topological polar surface area (TPSA) is 76.5 Å². The number of amidine groups is 1. The summed E-state index contributed by atoms with van der Waals surface area (Å²) in [5.74, 6) is 0.604. The van der Waals surface area contributed by atoms with Gasteiger partial charge in [0.25, 0.3) is 0 Å². The number of carbonyl (C=O) groups excluding carboxylic acids is 1. The number of nitrogen functional groups attached to an aromatic ring is 1. The second-order valence-corrected chi connectivity index (χ2v) is 4.79. The van der Waals surface area contributed by atoms with Crippen molar-refractivity contribution in [1.82, 2.24) is 14.7 Å². The quantitative estimate of drug-likeness (QED) is 0.795. The summed E-state index contributed by atoms with van der Waals surface area (Å²) in [4.78, 5) is 18.0. The number of hydrogen-bond acceptors (Lipinski definition) is 4. The van der Waals surface area contributed by atoms with E-state index in [1.165, 1.54) is 0 Å².